The summed E-state index contributed by atoms with van der Waals surface area (Å²) in [6.45, 7) is 3.74. The molecule has 20 heavy (non-hydrogen) atoms. The van der Waals surface area contributed by atoms with E-state index in [1.807, 2.05) is 0 Å². The summed E-state index contributed by atoms with van der Waals surface area (Å²) in [5.74, 6) is 0. The second kappa shape index (κ2) is 5.02. The molecule has 0 aliphatic carbocycles. The number of nitrogens with zero attached hydrogens (tertiary/aromatic N) is 5. The quantitative estimate of drug-likeness (QED) is 0.828. The van der Waals surface area contributed by atoms with Crippen LogP contribution in [0.15, 0.2) is 17.3 Å². The van der Waals surface area contributed by atoms with E-state index in [9.17, 15) is 8.42 Å². The third kappa shape index (κ3) is 2.48. The molecule has 7 nitrogen and oxygen atoms in total. The van der Waals surface area contributed by atoms with Gasteiger partial charge in [0.15, 0.2) is 0 Å². The van der Waals surface area contributed by atoms with Gasteiger partial charge in [0.25, 0.3) is 0 Å². The van der Waals surface area contributed by atoms with Crippen LogP contribution in [0.2, 0.25) is 0 Å². The summed E-state index contributed by atoms with van der Waals surface area (Å²) in [6.07, 6.45) is 3.46. The number of aromatic nitrogens is 4. The second-order valence-electron chi connectivity index (χ2n) is 4.91. The molecule has 2 heterocycles. The van der Waals surface area contributed by atoms with Gasteiger partial charge in [-0.2, -0.15) is 14.5 Å². The molecule has 0 bridgehead atoms. The lowest BCUT2D eigenvalue weighted by atomic mass is 10.4. The van der Waals surface area contributed by atoms with Crippen LogP contribution in [0.5, 0.6) is 0 Å². The molecule has 0 spiro atoms. The van der Waals surface area contributed by atoms with Crippen LogP contribution >= 0.6 is 0 Å². The fourth-order valence-electron chi connectivity index (χ4n) is 2.18. The summed E-state index contributed by atoms with van der Waals surface area (Å²) in [4.78, 5) is 0.284. The molecular weight excluding hydrogens is 278 g/mol. The van der Waals surface area contributed by atoms with E-state index in [-0.39, 0.29) is 11.4 Å². The molecule has 0 radical (unpaired) electrons. The molecule has 0 aromatic carbocycles. The summed E-state index contributed by atoms with van der Waals surface area (Å²) in [6, 6.07) is 0. The molecule has 2 aromatic heterocycles. The van der Waals surface area contributed by atoms with Crippen LogP contribution in [0.4, 0.5) is 0 Å². The van der Waals surface area contributed by atoms with Crippen molar-refractivity contribution >= 4 is 10.0 Å². The SMILES string of the molecule is Cc1nn(C)c(C)c1S(=O)(=O)N(C)Cc1cnn(C)c1. The Morgan fingerprint density at radius 1 is 1.30 bits per heavy atom. The highest BCUT2D eigenvalue weighted by atomic mass is 32.2. The van der Waals surface area contributed by atoms with Gasteiger partial charge in [-0.1, -0.05) is 0 Å². The second-order valence-corrected chi connectivity index (χ2v) is 6.89. The van der Waals surface area contributed by atoms with Crippen LogP contribution in [0.1, 0.15) is 17.0 Å². The number of aryl methyl sites for hydroxylation is 3. The van der Waals surface area contributed by atoms with Crippen LogP contribution in [-0.2, 0) is 30.7 Å². The highest BCUT2D eigenvalue weighted by molar-refractivity contribution is 7.89. The zero-order chi connectivity index (χ0) is 15.1. The van der Waals surface area contributed by atoms with E-state index in [0.717, 1.165) is 5.56 Å². The zero-order valence-corrected chi connectivity index (χ0v) is 13.1. The molecular formula is C12H19N5O2S. The molecule has 0 atom stereocenters. The lowest BCUT2D eigenvalue weighted by Gasteiger charge is -2.16. The van der Waals surface area contributed by atoms with Crippen LogP contribution in [0.25, 0.3) is 0 Å². The minimum Gasteiger partial charge on any atom is -0.275 e. The van der Waals surface area contributed by atoms with Crippen molar-refractivity contribution in [1.29, 1.82) is 0 Å². The third-order valence-corrected chi connectivity index (χ3v) is 5.33. The van der Waals surface area contributed by atoms with Crippen molar-refractivity contribution < 1.29 is 8.42 Å². The average Bonchev–Trinajstić information content (AvgIpc) is 2.84. The number of hydrogen-bond donors (Lipinski definition) is 0. The lowest BCUT2D eigenvalue weighted by molar-refractivity contribution is 0.465. The number of hydrogen-bond acceptors (Lipinski definition) is 4. The van der Waals surface area contributed by atoms with E-state index in [4.69, 9.17) is 0 Å². The topological polar surface area (TPSA) is 73.0 Å². The van der Waals surface area contributed by atoms with Gasteiger partial charge in [-0.05, 0) is 13.8 Å². The summed E-state index contributed by atoms with van der Waals surface area (Å²) in [5, 5.41) is 8.21. The molecule has 2 rings (SSSR count). The zero-order valence-electron chi connectivity index (χ0n) is 12.3. The summed E-state index contributed by atoms with van der Waals surface area (Å²) in [7, 11) is 1.55. The summed E-state index contributed by atoms with van der Waals surface area (Å²) < 4.78 is 29.8. The molecule has 0 fully saturated rings. The molecule has 0 amide bonds. The van der Waals surface area contributed by atoms with Crippen molar-refractivity contribution in [3.63, 3.8) is 0 Å². The Morgan fingerprint density at radius 2 is 1.95 bits per heavy atom. The van der Waals surface area contributed by atoms with Gasteiger partial charge in [0, 0.05) is 39.4 Å². The highest BCUT2D eigenvalue weighted by Crippen LogP contribution is 2.23. The van der Waals surface area contributed by atoms with Crippen LogP contribution < -0.4 is 0 Å². The normalized spacial score (nSPS) is 12.3. The standard InChI is InChI=1S/C12H19N5O2S/c1-9-12(10(2)17(5)14-9)20(18,19)16(4)8-11-6-13-15(3)7-11/h6-7H,8H2,1-5H3. The van der Waals surface area contributed by atoms with Crippen molar-refractivity contribution in [1.82, 2.24) is 23.9 Å². The Hall–Kier alpha value is -1.67. The third-order valence-electron chi connectivity index (χ3n) is 3.27. The first-order chi connectivity index (χ1) is 9.23. The predicted molar refractivity (Wildman–Crippen MR) is 74.5 cm³/mol. The van der Waals surface area contributed by atoms with Crippen molar-refractivity contribution in [3.05, 3.63) is 29.3 Å². The highest BCUT2D eigenvalue weighted by Gasteiger charge is 2.28. The van der Waals surface area contributed by atoms with Crippen molar-refractivity contribution in [3.8, 4) is 0 Å². The molecule has 0 saturated heterocycles. The lowest BCUT2D eigenvalue weighted by Crippen LogP contribution is -2.27. The van der Waals surface area contributed by atoms with Gasteiger partial charge in [0.05, 0.1) is 17.6 Å². The first kappa shape index (κ1) is 14.7. The molecule has 0 aliphatic heterocycles. The molecule has 2 aromatic rings. The summed E-state index contributed by atoms with van der Waals surface area (Å²) in [5.41, 5.74) is 2.00. The number of rotatable bonds is 4. The van der Waals surface area contributed by atoms with Gasteiger partial charge in [0.2, 0.25) is 10.0 Å². The molecule has 0 saturated carbocycles. The number of sulfonamides is 1. The minimum absolute atomic E-state index is 0.282. The van der Waals surface area contributed by atoms with E-state index < -0.39 is 10.0 Å². The smallest absolute Gasteiger partial charge is 0.246 e. The van der Waals surface area contributed by atoms with E-state index in [1.54, 1.807) is 56.7 Å². The Labute approximate surface area is 118 Å². The van der Waals surface area contributed by atoms with Crippen molar-refractivity contribution in [2.24, 2.45) is 14.1 Å². The van der Waals surface area contributed by atoms with Crippen LogP contribution in [0.3, 0.4) is 0 Å². The van der Waals surface area contributed by atoms with Gasteiger partial charge in [-0.15, -0.1) is 0 Å². The first-order valence-electron chi connectivity index (χ1n) is 6.17. The predicted octanol–water partition coefficient (Wildman–Crippen LogP) is 0.591. The molecule has 0 unspecified atom stereocenters. The molecule has 8 heteroatoms. The Balaban J connectivity index is 2.34. The Kier molecular flexibility index (Phi) is 3.70. The summed E-state index contributed by atoms with van der Waals surface area (Å²) >= 11 is 0. The Bertz CT molecular complexity index is 729. The minimum atomic E-state index is -3.56. The first-order valence-corrected chi connectivity index (χ1v) is 7.61. The van der Waals surface area contributed by atoms with E-state index >= 15 is 0 Å². The van der Waals surface area contributed by atoms with Crippen molar-refractivity contribution in [2.75, 3.05) is 7.05 Å². The van der Waals surface area contributed by atoms with Crippen LogP contribution in [0, 0.1) is 13.8 Å². The fourth-order valence-corrected chi connectivity index (χ4v) is 3.73. The van der Waals surface area contributed by atoms with Crippen molar-refractivity contribution in [2.45, 2.75) is 25.3 Å². The monoisotopic (exact) mass is 297 g/mol. The van der Waals surface area contributed by atoms with E-state index in [0.29, 0.717) is 11.4 Å². The van der Waals surface area contributed by atoms with Gasteiger partial charge >= 0.3 is 0 Å². The van der Waals surface area contributed by atoms with Gasteiger partial charge in [-0.3, -0.25) is 9.36 Å². The molecule has 0 aliphatic rings. The Morgan fingerprint density at radius 3 is 2.40 bits per heavy atom. The van der Waals surface area contributed by atoms with Gasteiger partial charge in [-0.25, -0.2) is 8.42 Å². The average molecular weight is 297 g/mol. The van der Waals surface area contributed by atoms with Gasteiger partial charge in [0.1, 0.15) is 4.90 Å². The molecule has 110 valence electrons. The molecule has 0 N–H and O–H groups in total. The fraction of sp³-hybridized carbons (Fsp3) is 0.500. The largest absolute Gasteiger partial charge is 0.275 e. The van der Waals surface area contributed by atoms with Crippen LogP contribution in [-0.4, -0.2) is 39.3 Å². The van der Waals surface area contributed by atoms with E-state index in [2.05, 4.69) is 10.2 Å². The van der Waals surface area contributed by atoms with E-state index in [1.165, 1.54) is 4.31 Å². The maximum atomic E-state index is 12.6. The maximum Gasteiger partial charge on any atom is 0.246 e. The van der Waals surface area contributed by atoms with Gasteiger partial charge < -0.3 is 0 Å². The maximum absolute atomic E-state index is 12.6.